The molecule has 0 unspecified atom stereocenters. The summed E-state index contributed by atoms with van der Waals surface area (Å²) in [5.74, 6) is 0.852. The van der Waals surface area contributed by atoms with E-state index in [9.17, 15) is 4.39 Å². The zero-order chi connectivity index (χ0) is 13.0. The molecule has 4 heteroatoms. The van der Waals surface area contributed by atoms with Crippen molar-refractivity contribution in [2.45, 2.75) is 11.4 Å². The molecule has 0 aliphatic rings. The average molecular weight is 263 g/mol. The standard InChI is InChI=1S/C14H14FNOS/c1-18-14-5-3-2-4-13(14)17-12-7-10(9-16)6-11(15)8-12/h2-8H,9,16H2,1H3. The van der Waals surface area contributed by atoms with Gasteiger partial charge in [-0.1, -0.05) is 12.1 Å². The van der Waals surface area contributed by atoms with E-state index in [1.54, 1.807) is 17.8 Å². The lowest BCUT2D eigenvalue weighted by atomic mass is 10.2. The molecular weight excluding hydrogens is 249 g/mol. The Kier molecular flexibility index (Phi) is 4.23. The lowest BCUT2D eigenvalue weighted by Gasteiger charge is -2.10. The molecule has 0 bridgehead atoms. The third-order valence-corrected chi connectivity index (χ3v) is 3.24. The maximum atomic E-state index is 13.4. The van der Waals surface area contributed by atoms with Crippen LogP contribution in [0, 0.1) is 5.82 Å². The summed E-state index contributed by atoms with van der Waals surface area (Å²) in [7, 11) is 0. The molecule has 2 aromatic carbocycles. The summed E-state index contributed by atoms with van der Waals surface area (Å²) in [5.41, 5.74) is 6.23. The Morgan fingerprint density at radius 1 is 1.22 bits per heavy atom. The topological polar surface area (TPSA) is 35.2 Å². The monoisotopic (exact) mass is 263 g/mol. The van der Waals surface area contributed by atoms with Crippen LogP contribution in [0.15, 0.2) is 47.4 Å². The molecule has 0 amide bonds. The quantitative estimate of drug-likeness (QED) is 0.852. The Morgan fingerprint density at radius 2 is 2.00 bits per heavy atom. The van der Waals surface area contributed by atoms with Gasteiger partial charge in [0.25, 0.3) is 0 Å². The first kappa shape index (κ1) is 12.9. The Bertz CT molecular complexity index is 545. The van der Waals surface area contributed by atoms with E-state index in [4.69, 9.17) is 10.5 Å². The van der Waals surface area contributed by atoms with Gasteiger partial charge in [-0.3, -0.25) is 0 Å². The van der Waals surface area contributed by atoms with Crippen LogP contribution < -0.4 is 10.5 Å². The lowest BCUT2D eigenvalue weighted by Crippen LogP contribution is -1.97. The van der Waals surface area contributed by atoms with Gasteiger partial charge in [0.1, 0.15) is 17.3 Å². The van der Waals surface area contributed by atoms with Crippen LogP contribution in [0.2, 0.25) is 0 Å². The van der Waals surface area contributed by atoms with Gasteiger partial charge in [-0.05, 0) is 36.1 Å². The summed E-state index contributed by atoms with van der Waals surface area (Å²) in [4.78, 5) is 1.01. The van der Waals surface area contributed by atoms with E-state index in [1.807, 2.05) is 30.5 Å². The molecular formula is C14H14FNOS. The third-order valence-electron chi connectivity index (χ3n) is 2.46. The minimum Gasteiger partial charge on any atom is -0.456 e. The van der Waals surface area contributed by atoms with Crippen LogP contribution in [0.1, 0.15) is 5.56 Å². The van der Waals surface area contributed by atoms with E-state index in [-0.39, 0.29) is 12.4 Å². The van der Waals surface area contributed by atoms with Gasteiger partial charge in [0.2, 0.25) is 0 Å². The molecule has 0 spiro atoms. The first-order valence-corrected chi connectivity index (χ1v) is 6.76. The Morgan fingerprint density at radius 3 is 2.72 bits per heavy atom. The Hall–Kier alpha value is -1.52. The minimum absolute atomic E-state index is 0.290. The Labute approximate surface area is 110 Å². The molecule has 0 saturated heterocycles. The van der Waals surface area contributed by atoms with Crippen LogP contribution in [0.4, 0.5) is 4.39 Å². The third kappa shape index (κ3) is 3.03. The fourth-order valence-corrected chi connectivity index (χ4v) is 2.15. The van der Waals surface area contributed by atoms with Gasteiger partial charge >= 0.3 is 0 Å². The number of rotatable bonds is 4. The molecule has 0 atom stereocenters. The Balaban J connectivity index is 2.30. The van der Waals surface area contributed by atoms with E-state index in [0.717, 1.165) is 10.6 Å². The fraction of sp³-hybridized carbons (Fsp3) is 0.143. The van der Waals surface area contributed by atoms with Crippen LogP contribution in [0.5, 0.6) is 11.5 Å². The lowest BCUT2D eigenvalue weighted by molar-refractivity contribution is 0.465. The number of ether oxygens (including phenoxy) is 1. The zero-order valence-electron chi connectivity index (χ0n) is 10.0. The van der Waals surface area contributed by atoms with Crippen molar-refractivity contribution in [3.63, 3.8) is 0 Å². The van der Waals surface area contributed by atoms with Crippen LogP contribution in [-0.2, 0) is 6.54 Å². The second kappa shape index (κ2) is 5.89. The van der Waals surface area contributed by atoms with Crippen molar-refractivity contribution in [1.82, 2.24) is 0 Å². The molecule has 0 saturated carbocycles. The second-order valence-corrected chi connectivity index (χ2v) is 4.60. The molecule has 0 aliphatic carbocycles. The molecule has 0 aliphatic heterocycles. The van der Waals surface area contributed by atoms with Crippen molar-refractivity contribution in [2.75, 3.05) is 6.26 Å². The largest absolute Gasteiger partial charge is 0.456 e. The maximum absolute atomic E-state index is 13.4. The zero-order valence-corrected chi connectivity index (χ0v) is 10.8. The van der Waals surface area contributed by atoms with Crippen LogP contribution in [0.25, 0.3) is 0 Å². The fourth-order valence-electron chi connectivity index (χ4n) is 1.63. The number of hydrogen-bond acceptors (Lipinski definition) is 3. The van der Waals surface area contributed by atoms with Crippen molar-refractivity contribution < 1.29 is 9.13 Å². The van der Waals surface area contributed by atoms with Crippen molar-refractivity contribution in [1.29, 1.82) is 0 Å². The summed E-state index contributed by atoms with van der Waals surface area (Å²) in [5, 5.41) is 0. The van der Waals surface area contributed by atoms with Crippen LogP contribution in [-0.4, -0.2) is 6.26 Å². The summed E-state index contributed by atoms with van der Waals surface area (Å²) < 4.78 is 19.1. The van der Waals surface area contributed by atoms with Gasteiger partial charge in [0.15, 0.2) is 0 Å². The highest BCUT2D eigenvalue weighted by molar-refractivity contribution is 7.98. The summed E-state index contributed by atoms with van der Waals surface area (Å²) in [6.45, 7) is 0.290. The average Bonchev–Trinajstić information content (AvgIpc) is 2.38. The van der Waals surface area contributed by atoms with Gasteiger partial charge in [0.05, 0.1) is 0 Å². The summed E-state index contributed by atoms with van der Waals surface area (Å²) >= 11 is 1.59. The predicted molar refractivity (Wildman–Crippen MR) is 72.6 cm³/mol. The predicted octanol–water partition coefficient (Wildman–Crippen LogP) is 3.80. The van der Waals surface area contributed by atoms with Crippen LogP contribution >= 0.6 is 11.8 Å². The van der Waals surface area contributed by atoms with Gasteiger partial charge in [0, 0.05) is 17.5 Å². The van der Waals surface area contributed by atoms with E-state index < -0.39 is 0 Å². The normalized spacial score (nSPS) is 10.4. The van der Waals surface area contributed by atoms with E-state index in [1.165, 1.54) is 12.1 Å². The van der Waals surface area contributed by atoms with Crippen molar-refractivity contribution in [3.05, 3.63) is 53.8 Å². The van der Waals surface area contributed by atoms with Crippen molar-refractivity contribution in [2.24, 2.45) is 5.73 Å². The first-order valence-electron chi connectivity index (χ1n) is 5.53. The molecule has 2 rings (SSSR count). The molecule has 2 nitrogen and oxygen atoms in total. The number of thioether (sulfide) groups is 1. The molecule has 2 aromatic rings. The van der Waals surface area contributed by atoms with Crippen molar-refractivity contribution in [3.8, 4) is 11.5 Å². The summed E-state index contributed by atoms with van der Waals surface area (Å²) in [6.07, 6.45) is 1.97. The molecule has 0 fully saturated rings. The van der Waals surface area contributed by atoms with Gasteiger partial charge < -0.3 is 10.5 Å². The molecule has 0 radical (unpaired) electrons. The number of para-hydroxylation sites is 1. The van der Waals surface area contributed by atoms with Gasteiger partial charge in [-0.15, -0.1) is 11.8 Å². The summed E-state index contributed by atoms with van der Waals surface area (Å²) in [6, 6.07) is 12.2. The number of nitrogens with two attached hydrogens (primary N) is 1. The minimum atomic E-state index is -0.338. The number of halogens is 1. The smallest absolute Gasteiger partial charge is 0.140 e. The number of hydrogen-bond donors (Lipinski definition) is 1. The van der Waals surface area contributed by atoms with Gasteiger partial charge in [-0.25, -0.2) is 4.39 Å². The highest BCUT2D eigenvalue weighted by Crippen LogP contribution is 2.31. The molecule has 0 aromatic heterocycles. The number of benzene rings is 2. The molecule has 0 heterocycles. The first-order chi connectivity index (χ1) is 8.72. The maximum Gasteiger partial charge on any atom is 0.140 e. The molecule has 2 N–H and O–H groups in total. The van der Waals surface area contributed by atoms with Crippen LogP contribution in [0.3, 0.4) is 0 Å². The van der Waals surface area contributed by atoms with Gasteiger partial charge in [-0.2, -0.15) is 0 Å². The second-order valence-electron chi connectivity index (χ2n) is 3.75. The SMILES string of the molecule is CSc1ccccc1Oc1cc(F)cc(CN)c1. The van der Waals surface area contributed by atoms with E-state index >= 15 is 0 Å². The highest BCUT2D eigenvalue weighted by atomic mass is 32.2. The molecule has 94 valence electrons. The van der Waals surface area contributed by atoms with Crippen molar-refractivity contribution >= 4 is 11.8 Å². The molecule has 18 heavy (non-hydrogen) atoms. The highest BCUT2D eigenvalue weighted by Gasteiger charge is 2.05. The van der Waals surface area contributed by atoms with E-state index in [0.29, 0.717) is 11.3 Å². The van der Waals surface area contributed by atoms with E-state index in [2.05, 4.69) is 0 Å².